The number of carbonyl (C=O) groups is 1. The van der Waals surface area contributed by atoms with Gasteiger partial charge in [-0.25, -0.2) is 9.97 Å². The smallest absolute Gasteiger partial charge is 0.237 e. The number of hydrogen-bond donors (Lipinski definition) is 2. The molecule has 0 aliphatic carbocycles. The van der Waals surface area contributed by atoms with Crippen molar-refractivity contribution in [2.45, 2.75) is 45.5 Å². The number of hydrogen-bond acceptors (Lipinski definition) is 6. The molecular weight excluding hydrogens is 322 g/mol. The Bertz CT molecular complexity index is 684. The monoisotopic (exact) mass is 347 g/mol. The predicted octanol–water partition coefficient (Wildman–Crippen LogP) is 0.276. The fraction of sp³-hybridized carbons (Fsp3) is 0.625. The van der Waals surface area contributed by atoms with Gasteiger partial charge in [0.25, 0.3) is 0 Å². The zero-order chi connectivity index (χ0) is 17.8. The molecule has 3 heterocycles. The van der Waals surface area contributed by atoms with Crippen molar-refractivity contribution >= 4 is 5.91 Å². The van der Waals surface area contributed by atoms with Gasteiger partial charge in [-0.1, -0.05) is 0 Å². The molecule has 1 saturated heterocycles. The zero-order valence-electron chi connectivity index (χ0n) is 14.8. The van der Waals surface area contributed by atoms with Crippen LogP contribution in [0, 0.1) is 6.92 Å². The van der Waals surface area contributed by atoms with E-state index in [4.69, 9.17) is 4.74 Å². The molecule has 0 spiro atoms. The molecule has 25 heavy (non-hydrogen) atoms. The largest absolute Gasteiger partial charge is 0.367 e. The Hall–Kier alpha value is -2.26. The second kappa shape index (κ2) is 7.75. The van der Waals surface area contributed by atoms with E-state index in [9.17, 15) is 4.79 Å². The van der Waals surface area contributed by atoms with Crippen LogP contribution in [0.2, 0.25) is 0 Å². The number of nitrogens with one attached hydrogen (secondary N) is 2. The summed E-state index contributed by atoms with van der Waals surface area (Å²) in [6, 6.07) is -0.215. The second-order valence-corrected chi connectivity index (χ2v) is 6.48. The van der Waals surface area contributed by atoms with E-state index in [2.05, 4.69) is 30.4 Å². The lowest BCUT2D eigenvalue weighted by Crippen LogP contribution is -2.52. The van der Waals surface area contributed by atoms with Gasteiger partial charge in [-0.2, -0.15) is 5.10 Å². The van der Waals surface area contributed by atoms with Crippen molar-refractivity contribution < 1.29 is 9.53 Å². The van der Waals surface area contributed by atoms with Gasteiger partial charge in [0.05, 0.1) is 19.0 Å². The highest BCUT2D eigenvalue weighted by Crippen LogP contribution is 2.20. The number of carbonyl (C=O) groups excluding carboxylic acids is 1. The quantitative estimate of drug-likeness (QED) is 0.778. The van der Waals surface area contributed by atoms with Gasteiger partial charge in [-0.05, 0) is 20.8 Å². The number of ether oxygens (including phenoxy) is 1. The molecule has 0 saturated carbocycles. The first kappa shape index (κ1) is 17.6. The van der Waals surface area contributed by atoms with Crippen LogP contribution in [-0.4, -0.2) is 67.3 Å². The minimum Gasteiger partial charge on any atom is -0.367 e. The molecule has 0 aromatic carbocycles. The molecule has 3 atom stereocenters. The van der Waals surface area contributed by atoms with Crippen LogP contribution in [0.15, 0.2) is 18.7 Å². The van der Waals surface area contributed by atoms with Crippen molar-refractivity contribution in [1.29, 1.82) is 0 Å². The third-order valence-corrected chi connectivity index (χ3v) is 4.36. The first-order chi connectivity index (χ1) is 12.0. The van der Waals surface area contributed by atoms with Crippen LogP contribution < -0.4 is 5.32 Å². The Morgan fingerprint density at radius 3 is 3.04 bits per heavy atom. The van der Waals surface area contributed by atoms with Crippen molar-refractivity contribution in [3.63, 3.8) is 0 Å². The highest BCUT2D eigenvalue weighted by atomic mass is 16.5. The zero-order valence-corrected chi connectivity index (χ0v) is 14.8. The lowest BCUT2D eigenvalue weighted by atomic mass is 10.2. The molecule has 0 bridgehead atoms. The second-order valence-electron chi connectivity index (χ2n) is 6.48. The Kier molecular flexibility index (Phi) is 5.44. The van der Waals surface area contributed by atoms with Gasteiger partial charge in [-0.3, -0.25) is 14.8 Å². The number of rotatable bonds is 6. The van der Waals surface area contributed by atoms with Gasteiger partial charge < -0.3 is 14.6 Å². The fourth-order valence-corrected chi connectivity index (χ4v) is 2.97. The van der Waals surface area contributed by atoms with Crippen LogP contribution >= 0.6 is 0 Å². The molecule has 9 heteroatoms. The third-order valence-electron chi connectivity index (χ3n) is 4.36. The summed E-state index contributed by atoms with van der Waals surface area (Å²) in [4.78, 5) is 23.0. The van der Waals surface area contributed by atoms with Gasteiger partial charge in [0, 0.05) is 38.1 Å². The van der Waals surface area contributed by atoms with Gasteiger partial charge in [0.1, 0.15) is 11.9 Å². The summed E-state index contributed by atoms with van der Waals surface area (Å²) < 4.78 is 7.71. The maximum absolute atomic E-state index is 12.6. The molecule has 0 unspecified atom stereocenters. The average Bonchev–Trinajstić information content (AvgIpc) is 3.25. The van der Waals surface area contributed by atoms with Crippen molar-refractivity contribution in [2.75, 3.05) is 19.7 Å². The highest BCUT2D eigenvalue weighted by Gasteiger charge is 2.30. The summed E-state index contributed by atoms with van der Waals surface area (Å²) in [5.41, 5.74) is 0. The van der Waals surface area contributed by atoms with Crippen molar-refractivity contribution in [3.05, 3.63) is 30.4 Å². The summed E-state index contributed by atoms with van der Waals surface area (Å²) >= 11 is 0. The van der Waals surface area contributed by atoms with Crippen molar-refractivity contribution in [1.82, 2.24) is 34.9 Å². The number of amides is 1. The van der Waals surface area contributed by atoms with Crippen LogP contribution in [0.1, 0.15) is 31.6 Å². The number of aryl methyl sites for hydroxylation is 1. The number of morpholine rings is 1. The Morgan fingerprint density at radius 2 is 2.36 bits per heavy atom. The summed E-state index contributed by atoms with van der Waals surface area (Å²) in [5.74, 6) is 1.41. The molecule has 1 amide bonds. The summed E-state index contributed by atoms with van der Waals surface area (Å²) in [5, 5.41) is 10.1. The summed E-state index contributed by atoms with van der Waals surface area (Å²) in [6.07, 6.45) is 5.16. The summed E-state index contributed by atoms with van der Waals surface area (Å²) in [6.45, 7) is 8.33. The van der Waals surface area contributed by atoms with Crippen LogP contribution in [0.5, 0.6) is 0 Å². The van der Waals surface area contributed by atoms with E-state index in [1.165, 1.54) is 0 Å². The number of H-pyrrole nitrogens is 1. The molecule has 9 nitrogen and oxygen atoms in total. The predicted molar refractivity (Wildman–Crippen MR) is 90.7 cm³/mol. The van der Waals surface area contributed by atoms with E-state index in [0.29, 0.717) is 32.1 Å². The first-order valence-electron chi connectivity index (χ1n) is 8.53. The van der Waals surface area contributed by atoms with E-state index in [1.54, 1.807) is 12.5 Å². The molecular formula is C16H25N7O2. The van der Waals surface area contributed by atoms with Gasteiger partial charge >= 0.3 is 0 Å². The lowest BCUT2D eigenvalue weighted by Gasteiger charge is -2.35. The lowest BCUT2D eigenvalue weighted by molar-refractivity contribution is -0.130. The maximum Gasteiger partial charge on any atom is 0.237 e. The standard InChI is InChI=1S/C16H25N7O2/c1-11(8-22-5-4-17-10-22)18-16(24)12(2)23-6-7-25-14(9-23)15-19-13(3)20-21-15/h4-5,10-12,14H,6-9H2,1-3H3,(H,18,24)(H,19,20,21)/t11-,12+,14+/m1/s1. The van der Waals surface area contributed by atoms with E-state index in [0.717, 1.165) is 5.82 Å². The maximum atomic E-state index is 12.6. The normalized spacial score (nSPS) is 21.0. The molecule has 2 aromatic heterocycles. The molecule has 1 fully saturated rings. The van der Waals surface area contributed by atoms with Gasteiger partial charge in [0.15, 0.2) is 5.82 Å². The average molecular weight is 347 g/mol. The molecule has 136 valence electrons. The topological polar surface area (TPSA) is 101 Å². The molecule has 2 N–H and O–H groups in total. The Labute approximate surface area is 146 Å². The number of aromatic nitrogens is 5. The first-order valence-corrected chi connectivity index (χ1v) is 8.53. The molecule has 1 aliphatic rings. The molecule has 2 aromatic rings. The number of imidazole rings is 1. The van der Waals surface area contributed by atoms with E-state index >= 15 is 0 Å². The van der Waals surface area contributed by atoms with Gasteiger partial charge in [-0.15, -0.1) is 0 Å². The molecule has 1 aliphatic heterocycles. The highest BCUT2D eigenvalue weighted by molar-refractivity contribution is 5.81. The minimum absolute atomic E-state index is 0.0134. The number of nitrogens with zero attached hydrogens (tertiary/aromatic N) is 5. The van der Waals surface area contributed by atoms with Crippen LogP contribution in [-0.2, 0) is 16.1 Å². The fourth-order valence-electron chi connectivity index (χ4n) is 2.97. The van der Waals surface area contributed by atoms with E-state index in [-0.39, 0.29) is 24.1 Å². The SMILES string of the molecule is Cc1nc([C@@H]2CN([C@@H](C)C(=O)N[C@H](C)Cn3ccnc3)CCO2)n[nH]1. The number of aromatic amines is 1. The Morgan fingerprint density at radius 1 is 1.52 bits per heavy atom. The van der Waals surface area contributed by atoms with Crippen LogP contribution in [0.4, 0.5) is 0 Å². The van der Waals surface area contributed by atoms with E-state index < -0.39 is 0 Å². The van der Waals surface area contributed by atoms with Crippen molar-refractivity contribution in [2.24, 2.45) is 0 Å². The Balaban J connectivity index is 1.54. The molecule has 3 rings (SSSR count). The minimum atomic E-state index is -0.239. The van der Waals surface area contributed by atoms with Crippen LogP contribution in [0.25, 0.3) is 0 Å². The summed E-state index contributed by atoms with van der Waals surface area (Å²) in [7, 11) is 0. The van der Waals surface area contributed by atoms with E-state index in [1.807, 2.05) is 31.5 Å². The third kappa shape index (κ3) is 4.43. The van der Waals surface area contributed by atoms with Crippen molar-refractivity contribution in [3.8, 4) is 0 Å². The molecule has 0 radical (unpaired) electrons. The van der Waals surface area contributed by atoms with Gasteiger partial charge in [0.2, 0.25) is 5.91 Å². The van der Waals surface area contributed by atoms with Crippen LogP contribution in [0.3, 0.4) is 0 Å².